The van der Waals surface area contributed by atoms with E-state index >= 15 is 0 Å². The molecular weight excluding hydrogens is 506 g/mol. The van der Waals surface area contributed by atoms with Gasteiger partial charge in [-0.05, 0) is 61.2 Å². The summed E-state index contributed by atoms with van der Waals surface area (Å²) in [7, 11) is 0. The fourth-order valence-corrected chi connectivity index (χ4v) is 5.63. The van der Waals surface area contributed by atoms with Crippen LogP contribution in [0.3, 0.4) is 0 Å². The standard InChI is InChI=1S/C30H37N7O3/c1-20-15-24(3-4-25(20)29(38)32-6-9-36-10-13-39-14-11-36)35-27-16-23-19-37(8-5-22(23)17-33-27)26-18-34-30-28(21(26)2)31-7-12-40-30/h3-4,15-18,31H,5-14,19H2,1-2H3,(H,32,38)(H,33,35). The number of anilines is 4. The van der Waals surface area contributed by atoms with Gasteiger partial charge < -0.3 is 30.3 Å². The molecule has 10 heteroatoms. The van der Waals surface area contributed by atoms with Crippen molar-refractivity contribution in [1.82, 2.24) is 20.2 Å². The summed E-state index contributed by atoms with van der Waals surface area (Å²) in [5, 5.41) is 9.93. The van der Waals surface area contributed by atoms with E-state index in [1.807, 2.05) is 37.5 Å². The van der Waals surface area contributed by atoms with E-state index in [1.54, 1.807) is 0 Å². The average molecular weight is 544 g/mol. The molecule has 0 aliphatic carbocycles. The number of benzene rings is 1. The first-order chi connectivity index (χ1) is 19.5. The number of hydrogen-bond acceptors (Lipinski definition) is 9. The van der Waals surface area contributed by atoms with Gasteiger partial charge in [-0.2, -0.15) is 0 Å². The number of aryl methyl sites for hydroxylation is 1. The van der Waals surface area contributed by atoms with Gasteiger partial charge in [-0.25, -0.2) is 9.97 Å². The summed E-state index contributed by atoms with van der Waals surface area (Å²) in [6, 6.07) is 7.95. The number of carbonyl (C=O) groups excluding carboxylic acids is 1. The van der Waals surface area contributed by atoms with Crippen LogP contribution in [0.2, 0.25) is 0 Å². The second-order valence-electron chi connectivity index (χ2n) is 10.6. The van der Waals surface area contributed by atoms with Crippen LogP contribution in [-0.4, -0.2) is 79.9 Å². The lowest BCUT2D eigenvalue weighted by Crippen LogP contribution is -2.41. The largest absolute Gasteiger partial charge is 0.474 e. The molecule has 0 bridgehead atoms. The number of pyridine rings is 2. The van der Waals surface area contributed by atoms with Crippen molar-refractivity contribution in [3.8, 4) is 5.88 Å². The Morgan fingerprint density at radius 1 is 1.05 bits per heavy atom. The van der Waals surface area contributed by atoms with Crippen LogP contribution in [0.4, 0.5) is 22.9 Å². The Balaban J connectivity index is 1.10. The van der Waals surface area contributed by atoms with Crippen LogP contribution >= 0.6 is 0 Å². The number of amides is 1. The predicted octanol–water partition coefficient (Wildman–Crippen LogP) is 3.27. The first-order valence-electron chi connectivity index (χ1n) is 14.1. The molecule has 3 aliphatic heterocycles. The SMILES string of the molecule is Cc1cc(Nc2cc3c(cn2)CCN(c2cnc4c(c2C)NCCO4)C3)ccc1C(=O)NCCN1CCOCC1. The molecule has 0 radical (unpaired) electrons. The van der Waals surface area contributed by atoms with Gasteiger partial charge in [0.25, 0.3) is 5.91 Å². The Hall–Kier alpha value is -3.89. The van der Waals surface area contributed by atoms with Crippen LogP contribution in [0.1, 0.15) is 32.6 Å². The number of ether oxygens (including phenoxy) is 2. The molecule has 0 atom stereocenters. The highest BCUT2D eigenvalue weighted by Crippen LogP contribution is 2.36. The Morgan fingerprint density at radius 2 is 1.93 bits per heavy atom. The number of carbonyl (C=O) groups is 1. The molecule has 2 aromatic heterocycles. The zero-order chi connectivity index (χ0) is 27.5. The molecule has 1 amide bonds. The summed E-state index contributed by atoms with van der Waals surface area (Å²) in [5.41, 5.74) is 8.33. The number of aromatic nitrogens is 2. The maximum absolute atomic E-state index is 12.8. The zero-order valence-corrected chi connectivity index (χ0v) is 23.3. The maximum atomic E-state index is 12.8. The number of nitrogens with zero attached hydrogens (tertiary/aromatic N) is 4. The van der Waals surface area contributed by atoms with Crippen LogP contribution < -0.4 is 25.6 Å². The third-order valence-corrected chi connectivity index (χ3v) is 7.92. The van der Waals surface area contributed by atoms with Crippen molar-refractivity contribution in [2.24, 2.45) is 0 Å². The molecule has 40 heavy (non-hydrogen) atoms. The first-order valence-corrected chi connectivity index (χ1v) is 14.1. The fourth-order valence-electron chi connectivity index (χ4n) is 5.63. The Labute approximate surface area is 235 Å². The van der Waals surface area contributed by atoms with Crippen molar-refractivity contribution in [2.75, 3.05) is 74.6 Å². The van der Waals surface area contributed by atoms with E-state index < -0.39 is 0 Å². The number of morpholine rings is 1. The Kier molecular flexibility index (Phi) is 7.70. The summed E-state index contributed by atoms with van der Waals surface area (Å²) in [6.07, 6.45) is 4.83. The first kappa shape index (κ1) is 26.3. The Bertz CT molecular complexity index is 1390. The second-order valence-corrected chi connectivity index (χ2v) is 10.6. The molecule has 6 rings (SSSR count). The summed E-state index contributed by atoms with van der Waals surface area (Å²) in [5.74, 6) is 1.43. The van der Waals surface area contributed by atoms with Gasteiger partial charge in [-0.15, -0.1) is 0 Å². The molecule has 210 valence electrons. The highest BCUT2D eigenvalue weighted by molar-refractivity contribution is 5.96. The Morgan fingerprint density at radius 3 is 2.77 bits per heavy atom. The van der Waals surface area contributed by atoms with Gasteiger partial charge in [0, 0.05) is 68.8 Å². The van der Waals surface area contributed by atoms with Gasteiger partial charge in [-0.3, -0.25) is 9.69 Å². The van der Waals surface area contributed by atoms with Crippen LogP contribution in [0.25, 0.3) is 0 Å². The van der Waals surface area contributed by atoms with Crippen molar-refractivity contribution in [3.05, 3.63) is 64.5 Å². The molecule has 0 spiro atoms. The summed E-state index contributed by atoms with van der Waals surface area (Å²) < 4.78 is 11.1. The molecule has 5 heterocycles. The monoisotopic (exact) mass is 543 g/mol. The number of rotatable bonds is 7. The third kappa shape index (κ3) is 5.68. The minimum atomic E-state index is -0.0435. The topological polar surface area (TPSA) is 104 Å². The molecule has 0 unspecified atom stereocenters. The summed E-state index contributed by atoms with van der Waals surface area (Å²) >= 11 is 0. The quantitative estimate of drug-likeness (QED) is 0.414. The van der Waals surface area contributed by atoms with Gasteiger partial charge in [0.1, 0.15) is 18.1 Å². The number of nitrogens with one attached hydrogen (secondary N) is 3. The van der Waals surface area contributed by atoms with Crippen molar-refractivity contribution in [2.45, 2.75) is 26.8 Å². The molecule has 3 N–H and O–H groups in total. The van der Waals surface area contributed by atoms with Crippen molar-refractivity contribution in [1.29, 1.82) is 0 Å². The number of hydrogen-bond donors (Lipinski definition) is 3. The third-order valence-electron chi connectivity index (χ3n) is 7.92. The van der Waals surface area contributed by atoms with Crippen LogP contribution in [0.15, 0.2) is 36.7 Å². The molecule has 1 saturated heterocycles. The predicted molar refractivity (Wildman–Crippen MR) is 156 cm³/mol. The van der Waals surface area contributed by atoms with Gasteiger partial charge in [0.2, 0.25) is 5.88 Å². The molecule has 3 aromatic rings. The second kappa shape index (κ2) is 11.7. The van der Waals surface area contributed by atoms with E-state index in [0.717, 1.165) is 87.3 Å². The average Bonchev–Trinajstić information content (AvgIpc) is 2.98. The number of fused-ring (bicyclic) bond motifs is 2. The zero-order valence-electron chi connectivity index (χ0n) is 23.3. The summed E-state index contributed by atoms with van der Waals surface area (Å²) in [6.45, 7) is 12.1. The molecule has 3 aliphatic rings. The lowest BCUT2D eigenvalue weighted by Gasteiger charge is -2.33. The van der Waals surface area contributed by atoms with Crippen LogP contribution in [0, 0.1) is 13.8 Å². The van der Waals surface area contributed by atoms with Gasteiger partial charge >= 0.3 is 0 Å². The molecule has 0 saturated carbocycles. The molecular formula is C30H37N7O3. The molecule has 10 nitrogen and oxygen atoms in total. The highest BCUT2D eigenvalue weighted by atomic mass is 16.5. The van der Waals surface area contributed by atoms with Crippen LogP contribution in [-0.2, 0) is 17.7 Å². The van der Waals surface area contributed by atoms with Crippen molar-refractivity contribution < 1.29 is 14.3 Å². The lowest BCUT2D eigenvalue weighted by atomic mass is 10.0. The normalized spacial score (nSPS) is 16.8. The van der Waals surface area contributed by atoms with Gasteiger partial charge in [0.15, 0.2) is 0 Å². The minimum absolute atomic E-state index is 0.0435. The minimum Gasteiger partial charge on any atom is -0.474 e. The molecule has 1 aromatic carbocycles. The van der Waals surface area contributed by atoms with E-state index in [-0.39, 0.29) is 5.91 Å². The van der Waals surface area contributed by atoms with E-state index in [2.05, 4.69) is 48.7 Å². The van der Waals surface area contributed by atoms with Crippen LogP contribution in [0.5, 0.6) is 5.88 Å². The smallest absolute Gasteiger partial charge is 0.251 e. The summed E-state index contributed by atoms with van der Waals surface area (Å²) in [4.78, 5) is 26.7. The highest BCUT2D eigenvalue weighted by Gasteiger charge is 2.23. The van der Waals surface area contributed by atoms with E-state index in [0.29, 0.717) is 24.6 Å². The van der Waals surface area contributed by atoms with E-state index in [1.165, 1.54) is 16.7 Å². The van der Waals surface area contributed by atoms with Crippen molar-refractivity contribution in [3.63, 3.8) is 0 Å². The molecule has 1 fully saturated rings. The fraction of sp³-hybridized carbons (Fsp3) is 0.433. The van der Waals surface area contributed by atoms with Gasteiger partial charge in [-0.1, -0.05) is 0 Å². The van der Waals surface area contributed by atoms with E-state index in [4.69, 9.17) is 9.47 Å². The lowest BCUT2D eigenvalue weighted by molar-refractivity contribution is 0.0383. The van der Waals surface area contributed by atoms with Crippen molar-refractivity contribution >= 4 is 28.8 Å². The van der Waals surface area contributed by atoms with E-state index in [9.17, 15) is 4.79 Å². The van der Waals surface area contributed by atoms with Gasteiger partial charge in [0.05, 0.1) is 25.1 Å². The maximum Gasteiger partial charge on any atom is 0.251 e.